The number of pyridine rings is 2. The Morgan fingerprint density at radius 2 is 1.85 bits per heavy atom. The lowest BCUT2D eigenvalue weighted by Gasteiger charge is -2.50. The van der Waals surface area contributed by atoms with Crippen molar-refractivity contribution in [2.75, 3.05) is 56.2 Å². The Morgan fingerprint density at radius 1 is 1.02 bits per heavy atom. The van der Waals surface area contributed by atoms with E-state index in [0.29, 0.717) is 47.6 Å². The van der Waals surface area contributed by atoms with Gasteiger partial charge >= 0.3 is 0 Å². The maximum Gasteiger partial charge on any atom is 0.258 e. The highest BCUT2D eigenvalue weighted by Gasteiger charge is 2.40. The molecular weight excluding hydrogens is 590 g/mol. The van der Waals surface area contributed by atoms with E-state index in [1.807, 2.05) is 0 Å². The summed E-state index contributed by atoms with van der Waals surface area (Å²) < 4.78 is 38.0. The first-order chi connectivity index (χ1) is 24.1. The van der Waals surface area contributed by atoms with E-state index in [2.05, 4.69) is 54.8 Å². The number of ether oxygens (including phenoxy) is 2. The first kappa shape index (κ1) is 27.0. The van der Waals surface area contributed by atoms with Gasteiger partial charge in [-0.1, -0.05) is 6.92 Å². The van der Waals surface area contributed by atoms with Crippen LogP contribution in [0.3, 0.4) is 0 Å². The van der Waals surface area contributed by atoms with Crippen molar-refractivity contribution in [3.8, 4) is 17.0 Å². The zero-order valence-electron chi connectivity index (χ0n) is 30.1. The van der Waals surface area contributed by atoms with Gasteiger partial charge in [-0.2, -0.15) is 0 Å². The zero-order chi connectivity index (χ0) is 34.5. The molecule has 0 aliphatic carbocycles. The lowest BCUT2D eigenvalue weighted by molar-refractivity contribution is -0.0834. The van der Waals surface area contributed by atoms with Gasteiger partial charge in [-0.15, -0.1) is 0 Å². The molecule has 3 fully saturated rings. The van der Waals surface area contributed by atoms with E-state index in [0.717, 1.165) is 50.2 Å². The molecule has 7 heterocycles. The molecule has 10 heteroatoms. The number of hydrogen-bond donors (Lipinski definition) is 1. The third kappa shape index (κ3) is 6.09. The predicted octanol–water partition coefficient (Wildman–Crippen LogP) is 5.94. The van der Waals surface area contributed by atoms with Gasteiger partial charge in [0.15, 0.2) is 0 Å². The summed E-state index contributed by atoms with van der Waals surface area (Å²) in [7, 11) is 0. The fraction of sp³-hybridized carbons (Fsp3) is 0.514. The van der Waals surface area contributed by atoms with E-state index >= 15 is 0 Å². The summed E-state index contributed by atoms with van der Waals surface area (Å²) in [6.45, 7) is 7.02. The number of hydrogen-bond acceptors (Lipinski definition) is 8. The predicted molar refractivity (Wildman–Crippen MR) is 183 cm³/mol. The van der Waals surface area contributed by atoms with Crippen molar-refractivity contribution >= 4 is 28.6 Å². The maximum absolute atomic E-state index is 13.9. The molecule has 1 aromatic carbocycles. The Kier molecular flexibility index (Phi) is 7.20. The summed E-state index contributed by atoms with van der Waals surface area (Å²) in [4.78, 5) is 32.6. The Morgan fingerprint density at radius 3 is 2.64 bits per heavy atom. The van der Waals surface area contributed by atoms with Crippen molar-refractivity contribution < 1.29 is 18.4 Å². The third-order valence-electron chi connectivity index (χ3n) is 10.9. The van der Waals surface area contributed by atoms with Crippen LogP contribution in [0.4, 0.5) is 11.6 Å². The molecule has 4 aliphatic rings. The van der Waals surface area contributed by atoms with Gasteiger partial charge in [-0.3, -0.25) is 25.0 Å². The van der Waals surface area contributed by atoms with E-state index < -0.39 is 12.8 Å². The van der Waals surface area contributed by atoms with E-state index in [1.165, 1.54) is 50.5 Å². The lowest BCUT2D eigenvalue weighted by atomic mass is 9.71. The maximum atomic E-state index is 13.9. The number of imidazole rings is 1. The number of amides is 1. The minimum atomic E-state index is -2.52. The molecule has 10 nitrogen and oxygen atoms in total. The first-order valence-corrected chi connectivity index (χ1v) is 17.1. The van der Waals surface area contributed by atoms with Crippen molar-refractivity contribution in [2.45, 2.75) is 64.9 Å². The number of nitrogens with zero attached hydrogens (tertiary/aromatic N) is 6. The van der Waals surface area contributed by atoms with Gasteiger partial charge in [-0.05, 0) is 106 Å². The molecule has 4 aromatic rings. The summed E-state index contributed by atoms with van der Waals surface area (Å²) >= 11 is 0. The van der Waals surface area contributed by atoms with Crippen LogP contribution in [0.2, 0.25) is 0 Å². The van der Waals surface area contributed by atoms with Crippen molar-refractivity contribution in [1.82, 2.24) is 24.4 Å². The summed E-state index contributed by atoms with van der Waals surface area (Å²) in [6.07, 6.45) is 9.89. The van der Waals surface area contributed by atoms with E-state index in [4.69, 9.17) is 18.6 Å². The lowest BCUT2D eigenvalue weighted by Crippen LogP contribution is -2.54. The van der Waals surface area contributed by atoms with Crippen LogP contribution in [0.5, 0.6) is 5.75 Å². The fourth-order valence-electron chi connectivity index (χ4n) is 7.82. The van der Waals surface area contributed by atoms with Crippen LogP contribution in [0.1, 0.15) is 65.6 Å². The van der Waals surface area contributed by atoms with Gasteiger partial charge in [0.05, 0.1) is 48.2 Å². The SMILES string of the molecule is [2H]C([2H])([2H])c1cc2cc(n1)-c1cnccc1OCCC[C@@H](C)Cn1c(nc3ccc(N4CCC5(CC4)CCN(C4COC4)CC5)cc31)NC2=O. The molecular formula is C37H45N7O3. The summed E-state index contributed by atoms with van der Waals surface area (Å²) in [5, 5.41) is 3.04. The summed E-state index contributed by atoms with van der Waals surface area (Å²) in [5.41, 5.74) is 4.24. The van der Waals surface area contributed by atoms with Crippen LogP contribution >= 0.6 is 0 Å². The minimum absolute atomic E-state index is 0.173. The van der Waals surface area contributed by atoms with E-state index in [-0.39, 0.29) is 17.2 Å². The molecule has 3 saturated heterocycles. The number of piperidine rings is 2. The monoisotopic (exact) mass is 638 g/mol. The number of fused-ring (bicyclic) bond motifs is 7. The summed E-state index contributed by atoms with van der Waals surface area (Å²) in [5.74, 6) is 0.807. The molecule has 1 amide bonds. The smallest absolute Gasteiger partial charge is 0.258 e. The van der Waals surface area contributed by atoms with Crippen LogP contribution in [0.15, 0.2) is 48.8 Å². The number of carbonyl (C=O) groups excluding carboxylic acids is 1. The number of anilines is 2. The number of benzene rings is 1. The fourth-order valence-corrected chi connectivity index (χ4v) is 7.82. The quantitative estimate of drug-likeness (QED) is 0.288. The molecule has 3 aromatic heterocycles. The van der Waals surface area contributed by atoms with Crippen LogP contribution in [-0.2, 0) is 11.3 Å². The molecule has 0 saturated carbocycles. The Labute approximate surface area is 280 Å². The highest BCUT2D eigenvalue weighted by atomic mass is 16.5. The van der Waals surface area contributed by atoms with Crippen LogP contribution < -0.4 is 15.0 Å². The minimum Gasteiger partial charge on any atom is -0.493 e. The zero-order valence-corrected chi connectivity index (χ0v) is 27.1. The molecule has 246 valence electrons. The molecule has 4 aliphatic heterocycles. The van der Waals surface area contributed by atoms with Crippen molar-refractivity contribution in [1.29, 1.82) is 0 Å². The Balaban J connectivity index is 1.08. The van der Waals surface area contributed by atoms with Crippen LogP contribution in [0, 0.1) is 18.2 Å². The van der Waals surface area contributed by atoms with Crippen molar-refractivity contribution in [3.05, 3.63) is 60.0 Å². The van der Waals surface area contributed by atoms with Gasteiger partial charge in [0.1, 0.15) is 5.75 Å². The number of aromatic nitrogens is 4. The molecule has 0 unspecified atom stereocenters. The van der Waals surface area contributed by atoms with Crippen LogP contribution in [-0.4, -0.2) is 82.4 Å². The average molecular weight is 639 g/mol. The molecule has 1 atom stereocenters. The topological polar surface area (TPSA) is 97.6 Å². The second kappa shape index (κ2) is 12.5. The van der Waals surface area contributed by atoms with Crippen LogP contribution in [0.25, 0.3) is 22.3 Å². The second-order valence-corrected chi connectivity index (χ2v) is 14.0. The van der Waals surface area contributed by atoms with E-state index in [1.54, 1.807) is 24.5 Å². The van der Waals surface area contributed by atoms with Crippen molar-refractivity contribution in [2.24, 2.45) is 11.3 Å². The largest absolute Gasteiger partial charge is 0.493 e. The van der Waals surface area contributed by atoms with Gasteiger partial charge in [0.2, 0.25) is 5.95 Å². The second-order valence-electron chi connectivity index (χ2n) is 14.0. The Bertz CT molecular complexity index is 1870. The van der Waals surface area contributed by atoms with Gasteiger partial charge in [0.25, 0.3) is 5.91 Å². The highest BCUT2D eigenvalue weighted by Crippen LogP contribution is 2.43. The van der Waals surface area contributed by atoms with Crippen molar-refractivity contribution in [3.63, 3.8) is 0 Å². The van der Waals surface area contributed by atoms with Gasteiger partial charge < -0.3 is 18.9 Å². The third-order valence-corrected chi connectivity index (χ3v) is 10.9. The molecule has 2 bridgehead atoms. The number of carbonyl (C=O) groups is 1. The molecule has 47 heavy (non-hydrogen) atoms. The molecule has 8 rings (SSSR count). The number of aryl methyl sites for hydroxylation is 1. The Hall–Kier alpha value is -4.02. The number of rotatable bonds is 2. The average Bonchev–Trinajstić information content (AvgIpc) is 3.42. The standard InChI is InChI=1S/C37H45N7O3/c1-25-4-3-17-47-34-7-12-38-21-30(34)32-19-27(18-26(2)39-32)35(45)41-36-40-31-6-5-28(20-33(31)44(36)22-25)42-13-8-37(9-14-42)10-15-43(16-11-37)29-23-46-24-29/h5-7,12,18-21,25,29H,3-4,8-11,13-17,22-24H2,1-2H3,(H,40,41,45)/t25-/m1/s1/i2D3. The van der Waals surface area contributed by atoms with Gasteiger partial charge in [0, 0.05) is 53.1 Å². The molecule has 1 spiro atoms. The molecule has 0 radical (unpaired) electrons. The summed E-state index contributed by atoms with van der Waals surface area (Å²) in [6, 6.07) is 11.7. The number of nitrogens with one attached hydrogen (secondary N) is 1. The normalized spacial score (nSPS) is 23.6. The van der Waals surface area contributed by atoms with E-state index in [9.17, 15) is 4.79 Å². The highest BCUT2D eigenvalue weighted by molar-refractivity contribution is 6.05. The van der Waals surface area contributed by atoms with Gasteiger partial charge in [-0.25, -0.2) is 4.98 Å². The first-order valence-electron chi connectivity index (χ1n) is 18.6. The molecule has 1 N–H and O–H groups in total. The number of likely N-dealkylation sites (tertiary alicyclic amines) is 1.